The summed E-state index contributed by atoms with van der Waals surface area (Å²) in [6.45, 7) is 3.89. The zero-order chi connectivity index (χ0) is 11.2. The lowest BCUT2D eigenvalue weighted by Crippen LogP contribution is -2.03. The maximum Gasteiger partial charge on any atom is 0.307 e. The third kappa shape index (κ3) is 1.48. The summed E-state index contributed by atoms with van der Waals surface area (Å²) < 4.78 is 0. The third-order valence-corrected chi connectivity index (χ3v) is 3.32. The van der Waals surface area contributed by atoms with Gasteiger partial charge >= 0.3 is 5.97 Å². The Labute approximate surface area is 88.4 Å². The van der Waals surface area contributed by atoms with Crippen LogP contribution in [-0.2, 0) is 4.79 Å². The van der Waals surface area contributed by atoms with Crippen molar-refractivity contribution in [2.45, 2.75) is 19.8 Å². The van der Waals surface area contributed by atoms with Gasteiger partial charge in [0.15, 0.2) is 0 Å². The molecular weight excluding hydrogens is 192 g/mol. The first-order valence-electron chi connectivity index (χ1n) is 4.96. The minimum atomic E-state index is -0.756. The van der Waals surface area contributed by atoms with Crippen molar-refractivity contribution in [3.05, 3.63) is 29.8 Å². The topological polar surface area (TPSA) is 57.5 Å². The zero-order valence-electron chi connectivity index (χ0n) is 8.77. The molecule has 2 atom stereocenters. The van der Waals surface area contributed by atoms with E-state index < -0.39 is 5.97 Å². The van der Waals surface area contributed by atoms with Gasteiger partial charge in [0.05, 0.1) is 5.92 Å². The summed E-state index contributed by atoms with van der Waals surface area (Å²) in [7, 11) is 0. The molecule has 1 saturated carbocycles. The molecule has 2 rings (SSSR count). The van der Waals surface area contributed by atoms with Gasteiger partial charge in [0.1, 0.15) is 5.75 Å². The molecule has 0 radical (unpaired) electrons. The lowest BCUT2D eigenvalue weighted by atomic mass is 10.0. The van der Waals surface area contributed by atoms with Crippen molar-refractivity contribution in [1.82, 2.24) is 0 Å². The average molecular weight is 206 g/mol. The van der Waals surface area contributed by atoms with Gasteiger partial charge in [-0.3, -0.25) is 4.79 Å². The molecule has 0 spiro atoms. The van der Waals surface area contributed by atoms with E-state index in [1.165, 1.54) is 0 Å². The molecule has 3 nitrogen and oxygen atoms in total. The number of carboxylic acid groups (broad SMARTS) is 1. The molecule has 1 aliphatic carbocycles. The second-order valence-electron chi connectivity index (χ2n) is 4.71. The number of phenolic OH excluding ortho intramolecular Hbond substituents is 1. The molecule has 2 N–H and O–H groups in total. The van der Waals surface area contributed by atoms with Crippen molar-refractivity contribution >= 4 is 5.97 Å². The number of aromatic hydroxyl groups is 1. The van der Waals surface area contributed by atoms with Crippen molar-refractivity contribution in [3.8, 4) is 5.75 Å². The van der Waals surface area contributed by atoms with Crippen LogP contribution < -0.4 is 0 Å². The molecule has 3 heteroatoms. The number of hydrogen-bond donors (Lipinski definition) is 2. The van der Waals surface area contributed by atoms with E-state index in [1.807, 2.05) is 19.9 Å². The molecule has 1 aliphatic rings. The second-order valence-corrected chi connectivity index (χ2v) is 4.71. The van der Waals surface area contributed by atoms with E-state index in [4.69, 9.17) is 5.11 Å². The highest BCUT2D eigenvalue weighted by Gasteiger charge is 2.62. The molecule has 15 heavy (non-hydrogen) atoms. The highest BCUT2D eigenvalue weighted by Crippen LogP contribution is 2.64. The quantitative estimate of drug-likeness (QED) is 0.780. The average Bonchev–Trinajstić information content (AvgIpc) is 2.69. The fourth-order valence-corrected chi connectivity index (χ4v) is 2.44. The van der Waals surface area contributed by atoms with Gasteiger partial charge < -0.3 is 10.2 Å². The first-order valence-corrected chi connectivity index (χ1v) is 4.96. The lowest BCUT2D eigenvalue weighted by Gasteiger charge is -2.02. The van der Waals surface area contributed by atoms with Crippen molar-refractivity contribution < 1.29 is 15.0 Å². The Balaban J connectivity index is 2.31. The van der Waals surface area contributed by atoms with E-state index in [0.717, 1.165) is 5.56 Å². The van der Waals surface area contributed by atoms with Gasteiger partial charge in [-0.1, -0.05) is 26.0 Å². The van der Waals surface area contributed by atoms with Crippen molar-refractivity contribution in [1.29, 1.82) is 0 Å². The van der Waals surface area contributed by atoms with Crippen molar-refractivity contribution in [3.63, 3.8) is 0 Å². The fourth-order valence-electron chi connectivity index (χ4n) is 2.44. The van der Waals surface area contributed by atoms with Crippen LogP contribution in [0.1, 0.15) is 25.3 Å². The maximum atomic E-state index is 11.0. The van der Waals surface area contributed by atoms with E-state index in [9.17, 15) is 9.90 Å². The fraction of sp³-hybridized carbons (Fsp3) is 0.417. The number of phenols is 1. The number of aliphatic carboxylic acids is 1. The van der Waals surface area contributed by atoms with E-state index in [2.05, 4.69) is 0 Å². The molecule has 0 amide bonds. The predicted molar refractivity (Wildman–Crippen MR) is 55.8 cm³/mol. The highest BCUT2D eigenvalue weighted by molar-refractivity contribution is 5.77. The summed E-state index contributed by atoms with van der Waals surface area (Å²) in [6.07, 6.45) is 0. The normalized spacial score (nSPS) is 27.3. The van der Waals surface area contributed by atoms with Gasteiger partial charge in [-0.05, 0) is 23.1 Å². The largest absolute Gasteiger partial charge is 0.508 e. The Kier molecular flexibility index (Phi) is 2.00. The zero-order valence-corrected chi connectivity index (χ0v) is 8.77. The Bertz CT molecular complexity index is 409. The standard InChI is InChI=1S/C12H14O3/c1-12(2)9(10(12)11(14)15)7-4-3-5-8(13)6-7/h3-6,9-10,13H,1-2H3,(H,14,15). The van der Waals surface area contributed by atoms with Crippen molar-refractivity contribution in [2.75, 3.05) is 0 Å². The summed E-state index contributed by atoms with van der Waals surface area (Å²) in [5.41, 5.74) is 0.701. The molecule has 80 valence electrons. The number of rotatable bonds is 2. The minimum absolute atomic E-state index is 0.0158. The maximum absolute atomic E-state index is 11.0. The first-order chi connectivity index (χ1) is 6.94. The van der Waals surface area contributed by atoms with Gasteiger partial charge in [0.25, 0.3) is 0 Å². The summed E-state index contributed by atoms with van der Waals surface area (Å²) in [6, 6.07) is 6.86. The predicted octanol–water partition coefficient (Wildman–Crippen LogP) is 2.22. The molecule has 1 aromatic rings. The van der Waals surface area contributed by atoms with E-state index in [1.54, 1.807) is 18.2 Å². The molecule has 1 aromatic carbocycles. The Hall–Kier alpha value is -1.51. The van der Waals surface area contributed by atoms with Gasteiger partial charge in [0.2, 0.25) is 0 Å². The van der Waals surface area contributed by atoms with Crippen LogP contribution in [0.15, 0.2) is 24.3 Å². The van der Waals surface area contributed by atoms with Gasteiger partial charge in [0, 0.05) is 5.92 Å². The van der Waals surface area contributed by atoms with Crippen LogP contribution in [-0.4, -0.2) is 16.2 Å². The first kappa shape index (κ1) is 10.0. The molecule has 2 unspecified atom stereocenters. The lowest BCUT2D eigenvalue weighted by molar-refractivity contribution is -0.139. The molecule has 0 heterocycles. The smallest absolute Gasteiger partial charge is 0.307 e. The third-order valence-electron chi connectivity index (χ3n) is 3.32. The van der Waals surface area contributed by atoms with Crippen LogP contribution in [0.3, 0.4) is 0 Å². The second kappa shape index (κ2) is 2.99. The van der Waals surface area contributed by atoms with Crippen molar-refractivity contribution in [2.24, 2.45) is 11.3 Å². The molecule has 0 aromatic heterocycles. The highest BCUT2D eigenvalue weighted by atomic mass is 16.4. The number of benzene rings is 1. The Morgan fingerprint density at radius 2 is 2.07 bits per heavy atom. The Morgan fingerprint density at radius 1 is 1.40 bits per heavy atom. The number of carboxylic acids is 1. The minimum Gasteiger partial charge on any atom is -0.508 e. The summed E-state index contributed by atoms with van der Waals surface area (Å²) >= 11 is 0. The monoisotopic (exact) mass is 206 g/mol. The van der Waals surface area contributed by atoms with Gasteiger partial charge in [-0.15, -0.1) is 0 Å². The molecule has 0 saturated heterocycles. The molecule has 0 aliphatic heterocycles. The molecular formula is C12H14O3. The van der Waals surface area contributed by atoms with Crippen LogP contribution in [0, 0.1) is 11.3 Å². The SMILES string of the molecule is CC1(C)C(C(=O)O)C1c1cccc(O)c1. The summed E-state index contributed by atoms with van der Waals surface area (Å²) in [5.74, 6) is -0.880. The number of carbonyl (C=O) groups is 1. The van der Waals surface area contributed by atoms with E-state index in [0.29, 0.717) is 0 Å². The van der Waals surface area contributed by atoms with Crippen LogP contribution >= 0.6 is 0 Å². The van der Waals surface area contributed by atoms with E-state index in [-0.39, 0.29) is 23.0 Å². The van der Waals surface area contributed by atoms with E-state index >= 15 is 0 Å². The van der Waals surface area contributed by atoms with Gasteiger partial charge in [-0.2, -0.15) is 0 Å². The van der Waals surface area contributed by atoms with Crippen LogP contribution in [0.5, 0.6) is 5.75 Å². The Morgan fingerprint density at radius 3 is 2.53 bits per heavy atom. The van der Waals surface area contributed by atoms with Crippen LogP contribution in [0.25, 0.3) is 0 Å². The molecule has 0 bridgehead atoms. The molecule has 1 fully saturated rings. The summed E-state index contributed by atoms with van der Waals surface area (Å²) in [5, 5.41) is 18.4. The van der Waals surface area contributed by atoms with Crippen LogP contribution in [0.4, 0.5) is 0 Å². The summed E-state index contributed by atoms with van der Waals surface area (Å²) in [4.78, 5) is 11.0. The van der Waals surface area contributed by atoms with Crippen LogP contribution in [0.2, 0.25) is 0 Å². The van der Waals surface area contributed by atoms with Gasteiger partial charge in [-0.25, -0.2) is 0 Å². The number of hydrogen-bond acceptors (Lipinski definition) is 2.